The minimum absolute atomic E-state index is 0.103. The SMILES string of the molecule is N#C/C(=C/c1ccc(N2CCCC2)c(F)c1)C(=O)Nc1ccc(Cl)cc1. The van der Waals surface area contributed by atoms with Gasteiger partial charge in [-0.1, -0.05) is 17.7 Å². The highest BCUT2D eigenvalue weighted by Gasteiger charge is 2.16. The molecule has 2 aromatic carbocycles. The molecule has 1 N–H and O–H groups in total. The molecular weight excluding hydrogens is 353 g/mol. The molecule has 0 unspecified atom stereocenters. The highest BCUT2D eigenvalue weighted by Crippen LogP contribution is 2.25. The number of carbonyl (C=O) groups excluding carboxylic acids is 1. The van der Waals surface area contributed by atoms with Crippen molar-refractivity contribution in [3.05, 3.63) is 64.4 Å². The number of hydrogen-bond acceptors (Lipinski definition) is 3. The minimum Gasteiger partial charge on any atom is -0.369 e. The third-order valence-corrected chi connectivity index (χ3v) is 4.45. The lowest BCUT2D eigenvalue weighted by atomic mass is 10.1. The van der Waals surface area contributed by atoms with Gasteiger partial charge in [0.25, 0.3) is 5.91 Å². The topological polar surface area (TPSA) is 56.1 Å². The second-order valence-electron chi connectivity index (χ2n) is 6.04. The Bertz CT molecular complexity index is 881. The predicted octanol–water partition coefficient (Wildman–Crippen LogP) is 4.62. The van der Waals surface area contributed by atoms with Gasteiger partial charge in [-0.25, -0.2) is 4.39 Å². The highest BCUT2D eigenvalue weighted by molar-refractivity contribution is 6.30. The lowest BCUT2D eigenvalue weighted by Gasteiger charge is -2.18. The first-order valence-electron chi connectivity index (χ1n) is 8.30. The molecule has 3 rings (SSSR count). The fraction of sp³-hybridized carbons (Fsp3) is 0.200. The van der Waals surface area contributed by atoms with Crippen molar-refractivity contribution in [3.63, 3.8) is 0 Å². The number of amides is 1. The first-order valence-corrected chi connectivity index (χ1v) is 8.68. The number of benzene rings is 2. The normalized spacial score (nSPS) is 14.2. The van der Waals surface area contributed by atoms with Crippen LogP contribution in [0.3, 0.4) is 0 Å². The third kappa shape index (κ3) is 4.22. The van der Waals surface area contributed by atoms with Crippen molar-refractivity contribution in [2.75, 3.05) is 23.3 Å². The average molecular weight is 370 g/mol. The van der Waals surface area contributed by atoms with E-state index in [1.54, 1.807) is 36.4 Å². The molecule has 0 spiro atoms. The van der Waals surface area contributed by atoms with Crippen molar-refractivity contribution < 1.29 is 9.18 Å². The van der Waals surface area contributed by atoms with Gasteiger partial charge in [0.05, 0.1) is 5.69 Å². The van der Waals surface area contributed by atoms with Gasteiger partial charge >= 0.3 is 0 Å². The zero-order valence-electron chi connectivity index (χ0n) is 14.0. The average Bonchev–Trinajstić information content (AvgIpc) is 3.16. The molecule has 0 bridgehead atoms. The molecule has 0 radical (unpaired) electrons. The summed E-state index contributed by atoms with van der Waals surface area (Å²) in [5, 5.41) is 12.4. The minimum atomic E-state index is -0.557. The fourth-order valence-electron chi connectivity index (χ4n) is 2.87. The van der Waals surface area contributed by atoms with E-state index in [-0.39, 0.29) is 11.4 Å². The van der Waals surface area contributed by atoms with E-state index in [9.17, 15) is 14.4 Å². The van der Waals surface area contributed by atoms with Crippen molar-refractivity contribution in [1.82, 2.24) is 0 Å². The van der Waals surface area contributed by atoms with Gasteiger partial charge in [-0.3, -0.25) is 4.79 Å². The van der Waals surface area contributed by atoms with Crippen LogP contribution in [0.2, 0.25) is 5.02 Å². The summed E-state index contributed by atoms with van der Waals surface area (Å²) in [5.74, 6) is -0.908. The highest BCUT2D eigenvalue weighted by atomic mass is 35.5. The van der Waals surface area contributed by atoms with E-state index >= 15 is 0 Å². The van der Waals surface area contributed by atoms with E-state index in [0.29, 0.717) is 22.0 Å². The molecule has 4 nitrogen and oxygen atoms in total. The fourth-order valence-corrected chi connectivity index (χ4v) is 3.00. The molecule has 1 fully saturated rings. The molecule has 1 aliphatic heterocycles. The van der Waals surface area contributed by atoms with Gasteiger partial charge in [0.1, 0.15) is 17.5 Å². The van der Waals surface area contributed by atoms with Crippen LogP contribution >= 0.6 is 11.6 Å². The van der Waals surface area contributed by atoms with E-state index in [2.05, 4.69) is 5.32 Å². The van der Waals surface area contributed by atoms with Crippen molar-refractivity contribution in [3.8, 4) is 6.07 Å². The maximum Gasteiger partial charge on any atom is 0.266 e. The molecule has 0 atom stereocenters. The molecule has 1 saturated heterocycles. The molecule has 1 amide bonds. The molecule has 0 aromatic heterocycles. The van der Waals surface area contributed by atoms with Crippen molar-refractivity contribution >= 4 is 35.0 Å². The Hall–Kier alpha value is -2.84. The molecule has 26 heavy (non-hydrogen) atoms. The van der Waals surface area contributed by atoms with Gasteiger partial charge in [0, 0.05) is 23.8 Å². The van der Waals surface area contributed by atoms with Crippen molar-refractivity contribution in [2.45, 2.75) is 12.8 Å². The number of nitrogens with one attached hydrogen (secondary N) is 1. The number of halogens is 2. The number of nitriles is 1. The third-order valence-electron chi connectivity index (χ3n) is 4.20. The Morgan fingerprint density at radius 2 is 1.88 bits per heavy atom. The van der Waals surface area contributed by atoms with Gasteiger partial charge < -0.3 is 10.2 Å². The van der Waals surface area contributed by atoms with E-state index < -0.39 is 5.91 Å². The molecule has 1 heterocycles. The predicted molar refractivity (Wildman–Crippen MR) is 102 cm³/mol. The van der Waals surface area contributed by atoms with Gasteiger partial charge in [-0.05, 0) is 60.9 Å². The van der Waals surface area contributed by atoms with Gasteiger partial charge in [0.2, 0.25) is 0 Å². The van der Waals surface area contributed by atoms with E-state index in [4.69, 9.17) is 11.6 Å². The number of carbonyl (C=O) groups is 1. The van der Waals surface area contributed by atoms with Crippen LogP contribution in [0, 0.1) is 17.1 Å². The molecule has 1 aliphatic rings. The quantitative estimate of drug-likeness (QED) is 0.631. The van der Waals surface area contributed by atoms with Crippen molar-refractivity contribution in [2.24, 2.45) is 0 Å². The number of rotatable bonds is 4. The molecule has 6 heteroatoms. The summed E-state index contributed by atoms with van der Waals surface area (Å²) in [6.07, 6.45) is 3.50. The van der Waals surface area contributed by atoms with Crippen LogP contribution < -0.4 is 10.2 Å². The number of nitrogens with zero attached hydrogens (tertiary/aromatic N) is 2. The van der Waals surface area contributed by atoms with Crippen LogP contribution in [-0.4, -0.2) is 19.0 Å². The largest absolute Gasteiger partial charge is 0.369 e. The maximum absolute atomic E-state index is 14.4. The first kappa shape index (κ1) is 18.0. The summed E-state index contributed by atoms with van der Waals surface area (Å²) < 4.78 is 14.4. The second kappa shape index (κ2) is 8.03. The first-order chi connectivity index (χ1) is 12.6. The van der Waals surface area contributed by atoms with Crippen LogP contribution in [0.15, 0.2) is 48.0 Å². The van der Waals surface area contributed by atoms with Crippen LogP contribution in [0.4, 0.5) is 15.8 Å². The number of hydrogen-bond donors (Lipinski definition) is 1. The Morgan fingerprint density at radius 3 is 2.50 bits per heavy atom. The zero-order chi connectivity index (χ0) is 18.5. The van der Waals surface area contributed by atoms with Crippen LogP contribution in [-0.2, 0) is 4.79 Å². The summed E-state index contributed by atoms with van der Waals surface area (Å²) in [5.41, 5.74) is 1.45. The Balaban J connectivity index is 1.77. The summed E-state index contributed by atoms with van der Waals surface area (Å²) in [6.45, 7) is 1.69. The lowest BCUT2D eigenvalue weighted by molar-refractivity contribution is -0.112. The van der Waals surface area contributed by atoms with Crippen molar-refractivity contribution in [1.29, 1.82) is 5.26 Å². The summed E-state index contributed by atoms with van der Waals surface area (Å²) in [4.78, 5) is 14.3. The van der Waals surface area contributed by atoms with Gasteiger partial charge in [-0.15, -0.1) is 0 Å². The monoisotopic (exact) mass is 369 g/mol. The lowest BCUT2D eigenvalue weighted by Crippen LogP contribution is -2.18. The maximum atomic E-state index is 14.4. The number of anilines is 2. The molecular formula is C20H17ClFN3O. The van der Waals surface area contributed by atoms with E-state index in [0.717, 1.165) is 25.9 Å². The van der Waals surface area contributed by atoms with E-state index in [1.165, 1.54) is 12.1 Å². The standard InChI is InChI=1S/C20H17ClFN3O/c21-16-4-6-17(7-5-16)24-20(26)15(13-23)11-14-3-8-19(18(22)12-14)25-9-1-2-10-25/h3-8,11-12H,1-2,9-10H2,(H,24,26)/b15-11-. The van der Waals surface area contributed by atoms with Crippen LogP contribution in [0.5, 0.6) is 0 Å². The van der Waals surface area contributed by atoms with Gasteiger partial charge in [-0.2, -0.15) is 5.26 Å². The van der Waals surface area contributed by atoms with Crippen LogP contribution in [0.25, 0.3) is 6.08 Å². The summed E-state index contributed by atoms with van der Waals surface area (Å²) >= 11 is 5.80. The smallest absolute Gasteiger partial charge is 0.266 e. The van der Waals surface area contributed by atoms with Gasteiger partial charge in [0.15, 0.2) is 0 Å². The summed E-state index contributed by atoms with van der Waals surface area (Å²) in [6, 6.07) is 13.2. The van der Waals surface area contributed by atoms with E-state index in [1.807, 2.05) is 11.0 Å². The Kier molecular flexibility index (Phi) is 5.55. The molecule has 132 valence electrons. The Labute approximate surface area is 156 Å². The Morgan fingerprint density at radius 1 is 1.19 bits per heavy atom. The molecule has 0 saturated carbocycles. The zero-order valence-corrected chi connectivity index (χ0v) is 14.8. The summed E-state index contributed by atoms with van der Waals surface area (Å²) in [7, 11) is 0. The second-order valence-corrected chi connectivity index (χ2v) is 6.47. The molecule has 2 aromatic rings. The van der Waals surface area contributed by atoms with Crippen LogP contribution in [0.1, 0.15) is 18.4 Å². The molecule has 0 aliphatic carbocycles.